The Kier molecular flexibility index (Phi) is 4.50. The number of aryl methyl sites for hydroxylation is 2. The first-order chi connectivity index (χ1) is 12.7. The summed E-state index contributed by atoms with van der Waals surface area (Å²) in [6, 6.07) is 5.61. The summed E-state index contributed by atoms with van der Waals surface area (Å²) in [6.45, 7) is 2.64. The van der Waals surface area contributed by atoms with Gasteiger partial charge in [0.1, 0.15) is 5.82 Å². The van der Waals surface area contributed by atoms with E-state index in [9.17, 15) is 4.79 Å². The summed E-state index contributed by atoms with van der Waals surface area (Å²) in [5.74, 6) is 2.94. The standard InChI is InChI=1S/C18H22N4O4/c1-11-19-18(21-20-11)14-8-13(24-2)9-22(14)16(23)7-6-12-4-3-5-15-17(12)26-10-25-15/h3-5,13-14H,6-10H2,1-2H3,(H,19,20,21)/t13-,14+/m1/s1. The molecule has 1 saturated heterocycles. The largest absolute Gasteiger partial charge is 0.454 e. The molecule has 0 saturated carbocycles. The average molecular weight is 358 g/mol. The summed E-state index contributed by atoms with van der Waals surface area (Å²) in [7, 11) is 1.67. The Balaban J connectivity index is 1.47. The maximum atomic E-state index is 12.9. The van der Waals surface area contributed by atoms with Crippen LogP contribution in [0.25, 0.3) is 0 Å². The fourth-order valence-electron chi connectivity index (χ4n) is 3.57. The molecular formula is C18H22N4O4. The van der Waals surface area contributed by atoms with Gasteiger partial charge in [-0.1, -0.05) is 12.1 Å². The normalized spacial score (nSPS) is 21.4. The molecular weight excluding hydrogens is 336 g/mol. The molecule has 8 nitrogen and oxygen atoms in total. The number of hydrogen-bond acceptors (Lipinski definition) is 6. The number of aromatic nitrogens is 3. The van der Waals surface area contributed by atoms with Crippen LogP contribution in [-0.4, -0.2) is 52.5 Å². The van der Waals surface area contributed by atoms with Crippen molar-refractivity contribution in [1.29, 1.82) is 0 Å². The number of benzene rings is 1. The number of hydrogen-bond donors (Lipinski definition) is 1. The van der Waals surface area contributed by atoms with Crippen molar-refractivity contribution in [3.05, 3.63) is 35.4 Å². The van der Waals surface area contributed by atoms with Crippen LogP contribution in [0.4, 0.5) is 0 Å². The van der Waals surface area contributed by atoms with Crippen molar-refractivity contribution in [2.75, 3.05) is 20.4 Å². The highest BCUT2D eigenvalue weighted by molar-refractivity contribution is 5.77. The first kappa shape index (κ1) is 16.8. The molecule has 1 aromatic heterocycles. The smallest absolute Gasteiger partial charge is 0.231 e. The van der Waals surface area contributed by atoms with Gasteiger partial charge in [0.2, 0.25) is 12.7 Å². The van der Waals surface area contributed by atoms with Crippen LogP contribution in [0.3, 0.4) is 0 Å². The van der Waals surface area contributed by atoms with E-state index < -0.39 is 0 Å². The summed E-state index contributed by atoms with van der Waals surface area (Å²) in [6.07, 6.45) is 1.69. The second-order valence-electron chi connectivity index (χ2n) is 6.59. The molecule has 26 heavy (non-hydrogen) atoms. The number of ether oxygens (including phenoxy) is 3. The Morgan fingerprint density at radius 2 is 2.31 bits per heavy atom. The Hall–Kier alpha value is -2.61. The van der Waals surface area contributed by atoms with Crippen LogP contribution < -0.4 is 9.47 Å². The minimum atomic E-state index is -0.154. The van der Waals surface area contributed by atoms with E-state index in [-0.39, 0.29) is 24.8 Å². The van der Waals surface area contributed by atoms with E-state index in [1.54, 1.807) is 7.11 Å². The van der Waals surface area contributed by atoms with E-state index in [0.717, 1.165) is 22.9 Å². The Morgan fingerprint density at radius 1 is 1.42 bits per heavy atom. The molecule has 1 aromatic carbocycles. The van der Waals surface area contributed by atoms with E-state index in [1.807, 2.05) is 30.0 Å². The molecule has 138 valence electrons. The topological polar surface area (TPSA) is 89.6 Å². The van der Waals surface area contributed by atoms with Gasteiger partial charge >= 0.3 is 0 Å². The number of fused-ring (bicyclic) bond motifs is 1. The number of nitrogens with one attached hydrogen (secondary N) is 1. The molecule has 8 heteroatoms. The third-order valence-corrected chi connectivity index (χ3v) is 4.92. The molecule has 0 bridgehead atoms. The lowest BCUT2D eigenvalue weighted by atomic mass is 10.1. The number of methoxy groups -OCH3 is 1. The Morgan fingerprint density at radius 3 is 3.08 bits per heavy atom. The number of carbonyl (C=O) groups is 1. The third kappa shape index (κ3) is 3.12. The minimum Gasteiger partial charge on any atom is -0.454 e. The van der Waals surface area contributed by atoms with Crippen LogP contribution in [-0.2, 0) is 16.0 Å². The van der Waals surface area contributed by atoms with Crippen molar-refractivity contribution < 1.29 is 19.0 Å². The fraction of sp³-hybridized carbons (Fsp3) is 0.500. The Bertz CT molecular complexity index is 806. The predicted octanol–water partition coefficient (Wildman–Crippen LogP) is 1.76. The van der Waals surface area contributed by atoms with Crippen LogP contribution in [0.2, 0.25) is 0 Å². The highest BCUT2D eigenvalue weighted by Crippen LogP contribution is 2.37. The van der Waals surface area contributed by atoms with Crippen molar-refractivity contribution in [2.24, 2.45) is 0 Å². The molecule has 2 aliphatic rings. The fourth-order valence-corrected chi connectivity index (χ4v) is 3.57. The van der Waals surface area contributed by atoms with Crippen LogP contribution >= 0.6 is 0 Å². The SMILES string of the molecule is CO[C@@H]1C[C@@H](c2n[nH]c(C)n2)N(C(=O)CCc2cccc3c2OCO3)C1. The lowest BCUT2D eigenvalue weighted by Gasteiger charge is -2.22. The van der Waals surface area contributed by atoms with Gasteiger partial charge in [-0.3, -0.25) is 9.89 Å². The number of H-pyrrole nitrogens is 1. The van der Waals surface area contributed by atoms with Gasteiger partial charge in [-0.05, 0) is 25.0 Å². The lowest BCUT2D eigenvalue weighted by Crippen LogP contribution is -2.32. The molecule has 1 N–H and O–H groups in total. The molecule has 2 aromatic rings. The van der Waals surface area contributed by atoms with Crippen LogP contribution in [0.15, 0.2) is 18.2 Å². The number of likely N-dealkylation sites (tertiary alicyclic amines) is 1. The molecule has 3 heterocycles. The number of rotatable bonds is 5. The zero-order chi connectivity index (χ0) is 18.1. The van der Waals surface area contributed by atoms with Gasteiger partial charge in [-0.25, -0.2) is 4.98 Å². The first-order valence-electron chi connectivity index (χ1n) is 8.74. The van der Waals surface area contributed by atoms with Gasteiger partial charge in [-0.15, -0.1) is 0 Å². The highest BCUT2D eigenvalue weighted by Gasteiger charge is 2.38. The van der Waals surface area contributed by atoms with Gasteiger partial charge in [-0.2, -0.15) is 5.10 Å². The molecule has 0 radical (unpaired) electrons. The summed E-state index contributed by atoms with van der Waals surface area (Å²) in [5, 5.41) is 7.10. The van der Waals surface area contributed by atoms with Gasteiger partial charge in [0.15, 0.2) is 17.3 Å². The summed E-state index contributed by atoms with van der Waals surface area (Å²) >= 11 is 0. The molecule has 4 rings (SSSR count). The van der Waals surface area contributed by atoms with Crippen LogP contribution in [0.5, 0.6) is 11.5 Å². The number of para-hydroxylation sites is 1. The first-order valence-corrected chi connectivity index (χ1v) is 8.74. The molecule has 2 aliphatic heterocycles. The highest BCUT2D eigenvalue weighted by atomic mass is 16.7. The van der Waals surface area contributed by atoms with Crippen molar-refractivity contribution >= 4 is 5.91 Å². The minimum absolute atomic E-state index is 0.000428. The predicted molar refractivity (Wildman–Crippen MR) is 91.9 cm³/mol. The monoisotopic (exact) mass is 358 g/mol. The zero-order valence-corrected chi connectivity index (χ0v) is 14.9. The van der Waals surface area contributed by atoms with Crippen molar-refractivity contribution in [3.8, 4) is 11.5 Å². The molecule has 0 aliphatic carbocycles. The molecule has 1 fully saturated rings. The second kappa shape index (κ2) is 6.95. The van der Waals surface area contributed by atoms with E-state index >= 15 is 0 Å². The lowest BCUT2D eigenvalue weighted by molar-refractivity contribution is -0.132. The number of aromatic amines is 1. The second-order valence-corrected chi connectivity index (χ2v) is 6.59. The van der Waals surface area contributed by atoms with Gasteiger partial charge in [0.25, 0.3) is 0 Å². The van der Waals surface area contributed by atoms with Gasteiger partial charge < -0.3 is 19.1 Å². The number of carbonyl (C=O) groups excluding carboxylic acids is 1. The summed E-state index contributed by atoms with van der Waals surface area (Å²) in [4.78, 5) is 19.1. The summed E-state index contributed by atoms with van der Waals surface area (Å²) in [5.41, 5.74) is 0.987. The molecule has 0 unspecified atom stereocenters. The average Bonchev–Trinajstić information content (AvgIpc) is 3.37. The maximum Gasteiger partial charge on any atom is 0.231 e. The summed E-state index contributed by atoms with van der Waals surface area (Å²) < 4.78 is 16.4. The number of nitrogens with zero attached hydrogens (tertiary/aromatic N) is 3. The van der Waals surface area contributed by atoms with E-state index in [2.05, 4.69) is 15.2 Å². The van der Waals surface area contributed by atoms with E-state index in [1.165, 1.54) is 0 Å². The van der Waals surface area contributed by atoms with Crippen molar-refractivity contribution in [1.82, 2.24) is 20.1 Å². The zero-order valence-electron chi connectivity index (χ0n) is 14.9. The van der Waals surface area contributed by atoms with Gasteiger partial charge in [0.05, 0.1) is 12.1 Å². The maximum absolute atomic E-state index is 12.9. The van der Waals surface area contributed by atoms with Crippen molar-refractivity contribution in [3.63, 3.8) is 0 Å². The molecule has 0 spiro atoms. The van der Waals surface area contributed by atoms with Crippen LogP contribution in [0, 0.1) is 6.92 Å². The molecule has 1 amide bonds. The van der Waals surface area contributed by atoms with E-state index in [4.69, 9.17) is 14.2 Å². The van der Waals surface area contributed by atoms with Crippen LogP contribution in [0.1, 0.15) is 36.1 Å². The Labute approximate surface area is 151 Å². The quantitative estimate of drug-likeness (QED) is 0.876. The van der Waals surface area contributed by atoms with E-state index in [0.29, 0.717) is 31.6 Å². The van der Waals surface area contributed by atoms with Crippen molar-refractivity contribution in [2.45, 2.75) is 38.3 Å². The third-order valence-electron chi connectivity index (χ3n) is 4.92. The van der Waals surface area contributed by atoms with Gasteiger partial charge in [0, 0.05) is 26.5 Å². The molecule has 2 atom stereocenters. The number of amides is 1.